The molecular formula is C10H15NO3. The summed E-state index contributed by atoms with van der Waals surface area (Å²) in [5.41, 5.74) is -1.00. The molecule has 1 aliphatic heterocycles. The molecule has 1 fully saturated rings. The predicted molar refractivity (Wildman–Crippen MR) is 50.4 cm³/mol. The molecule has 0 saturated carbocycles. The van der Waals surface area contributed by atoms with Crippen LogP contribution < -0.4 is 0 Å². The van der Waals surface area contributed by atoms with Crippen molar-refractivity contribution in [1.82, 2.24) is 4.90 Å². The fourth-order valence-corrected chi connectivity index (χ4v) is 1.53. The van der Waals surface area contributed by atoms with Crippen molar-refractivity contribution in [2.24, 2.45) is 5.92 Å². The Kier molecular flexibility index (Phi) is 2.48. The summed E-state index contributed by atoms with van der Waals surface area (Å²) in [6.07, 6.45) is 0.218. The van der Waals surface area contributed by atoms with Gasteiger partial charge in [-0.05, 0) is 20.8 Å². The minimum absolute atomic E-state index is 0.173. The third-order valence-corrected chi connectivity index (χ3v) is 2.79. The molecule has 0 radical (unpaired) electrons. The first-order valence-electron chi connectivity index (χ1n) is 4.66. The normalized spacial score (nSPS) is 23.1. The van der Waals surface area contributed by atoms with E-state index in [2.05, 4.69) is 0 Å². The number of imide groups is 1. The molecule has 0 aromatic rings. The minimum Gasteiger partial charge on any atom is -0.297 e. The summed E-state index contributed by atoms with van der Waals surface area (Å²) in [7, 11) is 0. The van der Waals surface area contributed by atoms with Gasteiger partial charge in [0.2, 0.25) is 11.8 Å². The zero-order valence-electron chi connectivity index (χ0n) is 8.96. The fourth-order valence-electron chi connectivity index (χ4n) is 1.53. The van der Waals surface area contributed by atoms with Crippen molar-refractivity contribution in [3.05, 3.63) is 0 Å². The molecule has 0 spiro atoms. The molecule has 0 N–H and O–H groups in total. The molecule has 1 heterocycles. The third-order valence-electron chi connectivity index (χ3n) is 2.79. The first-order chi connectivity index (χ1) is 6.28. The van der Waals surface area contributed by atoms with E-state index in [-0.39, 0.29) is 29.9 Å². The molecule has 1 saturated heterocycles. The lowest BCUT2D eigenvalue weighted by molar-refractivity contribution is -0.150. The van der Waals surface area contributed by atoms with Crippen molar-refractivity contribution in [1.29, 1.82) is 0 Å². The van der Waals surface area contributed by atoms with E-state index in [4.69, 9.17) is 0 Å². The van der Waals surface area contributed by atoms with E-state index >= 15 is 0 Å². The molecule has 0 aromatic heterocycles. The molecule has 1 atom stereocenters. The van der Waals surface area contributed by atoms with Gasteiger partial charge in [-0.2, -0.15) is 0 Å². The minimum atomic E-state index is -1.00. The van der Waals surface area contributed by atoms with Crippen LogP contribution in [0.5, 0.6) is 0 Å². The standard InChI is InChI=1S/C10H15NO3/c1-6-5-8(13)11(9(6)14)10(3,4)7(2)12/h6H,5H2,1-4H3. The Morgan fingerprint density at radius 3 is 2.21 bits per heavy atom. The van der Waals surface area contributed by atoms with Crippen molar-refractivity contribution >= 4 is 17.6 Å². The summed E-state index contributed by atoms with van der Waals surface area (Å²) in [5, 5.41) is 0. The number of hydrogen-bond acceptors (Lipinski definition) is 3. The van der Waals surface area contributed by atoms with Crippen LogP contribution in [-0.2, 0) is 14.4 Å². The summed E-state index contributed by atoms with van der Waals surface area (Å²) in [5.74, 6) is -0.952. The number of carbonyl (C=O) groups excluding carboxylic acids is 3. The van der Waals surface area contributed by atoms with Gasteiger partial charge in [-0.1, -0.05) is 6.92 Å². The van der Waals surface area contributed by atoms with E-state index in [0.717, 1.165) is 4.90 Å². The van der Waals surface area contributed by atoms with Crippen LogP contribution in [-0.4, -0.2) is 28.0 Å². The van der Waals surface area contributed by atoms with E-state index in [1.54, 1.807) is 20.8 Å². The van der Waals surface area contributed by atoms with Gasteiger partial charge in [0.25, 0.3) is 0 Å². The van der Waals surface area contributed by atoms with E-state index in [0.29, 0.717) is 0 Å². The van der Waals surface area contributed by atoms with E-state index in [1.807, 2.05) is 0 Å². The predicted octanol–water partition coefficient (Wildman–Crippen LogP) is 0.749. The Bertz CT molecular complexity index is 306. The molecule has 1 aliphatic rings. The Morgan fingerprint density at radius 2 is 1.93 bits per heavy atom. The van der Waals surface area contributed by atoms with Crippen molar-refractivity contribution in [2.45, 2.75) is 39.7 Å². The maximum absolute atomic E-state index is 11.6. The van der Waals surface area contributed by atoms with E-state index in [1.165, 1.54) is 6.92 Å². The number of likely N-dealkylation sites (tertiary alicyclic amines) is 1. The third kappa shape index (κ3) is 1.45. The topological polar surface area (TPSA) is 54.5 Å². The van der Waals surface area contributed by atoms with Crippen LogP contribution in [0.2, 0.25) is 0 Å². The number of nitrogens with zero attached hydrogens (tertiary/aromatic N) is 1. The monoisotopic (exact) mass is 197 g/mol. The lowest BCUT2D eigenvalue weighted by atomic mass is 9.98. The summed E-state index contributed by atoms with van der Waals surface area (Å²) < 4.78 is 0. The van der Waals surface area contributed by atoms with E-state index in [9.17, 15) is 14.4 Å². The lowest BCUT2D eigenvalue weighted by Crippen LogP contribution is -2.52. The van der Waals surface area contributed by atoms with Crippen molar-refractivity contribution in [3.63, 3.8) is 0 Å². The van der Waals surface area contributed by atoms with Gasteiger partial charge in [0.15, 0.2) is 5.78 Å². The molecule has 0 aliphatic carbocycles. The molecule has 1 rings (SSSR count). The van der Waals surface area contributed by atoms with E-state index < -0.39 is 5.54 Å². The second-order valence-electron chi connectivity index (χ2n) is 4.29. The molecule has 0 bridgehead atoms. The Hall–Kier alpha value is -1.19. The molecule has 78 valence electrons. The average molecular weight is 197 g/mol. The smallest absolute Gasteiger partial charge is 0.233 e. The molecule has 1 unspecified atom stereocenters. The molecule has 2 amide bonds. The van der Waals surface area contributed by atoms with Gasteiger partial charge in [-0.3, -0.25) is 19.3 Å². The van der Waals surface area contributed by atoms with Gasteiger partial charge in [0.1, 0.15) is 5.54 Å². The number of hydrogen-bond donors (Lipinski definition) is 0. The van der Waals surface area contributed by atoms with Crippen LogP contribution in [0.4, 0.5) is 0 Å². The van der Waals surface area contributed by atoms with Crippen molar-refractivity contribution < 1.29 is 14.4 Å². The molecule has 14 heavy (non-hydrogen) atoms. The van der Waals surface area contributed by atoms with Crippen LogP contribution in [0.15, 0.2) is 0 Å². The summed E-state index contributed by atoms with van der Waals surface area (Å²) in [6.45, 7) is 6.30. The van der Waals surface area contributed by atoms with Crippen LogP contribution in [0, 0.1) is 5.92 Å². The summed E-state index contributed by atoms with van der Waals surface area (Å²) >= 11 is 0. The zero-order valence-corrected chi connectivity index (χ0v) is 8.96. The van der Waals surface area contributed by atoms with Gasteiger partial charge < -0.3 is 0 Å². The van der Waals surface area contributed by atoms with Crippen molar-refractivity contribution in [3.8, 4) is 0 Å². The Morgan fingerprint density at radius 1 is 1.43 bits per heavy atom. The lowest BCUT2D eigenvalue weighted by Gasteiger charge is -2.31. The second kappa shape index (κ2) is 3.19. The number of ketones is 1. The second-order valence-corrected chi connectivity index (χ2v) is 4.29. The number of amides is 2. The highest BCUT2D eigenvalue weighted by Crippen LogP contribution is 2.27. The van der Waals surface area contributed by atoms with Gasteiger partial charge in [-0.25, -0.2) is 0 Å². The van der Waals surface area contributed by atoms with Gasteiger partial charge in [0, 0.05) is 12.3 Å². The van der Waals surface area contributed by atoms with Gasteiger partial charge in [0.05, 0.1) is 0 Å². The Labute approximate surface area is 83.3 Å². The number of Topliss-reactive ketones (excluding diaryl/α,β-unsaturated/α-hetero) is 1. The van der Waals surface area contributed by atoms with Gasteiger partial charge >= 0.3 is 0 Å². The highest BCUT2D eigenvalue weighted by molar-refractivity contribution is 6.07. The fraction of sp³-hybridized carbons (Fsp3) is 0.700. The first kappa shape index (κ1) is 10.9. The van der Waals surface area contributed by atoms with Crippen LogP contribution in [0.3, 0.4) is 0 Å². The van der Waals surface area contributed by atoms with Crippen LogP contribution >= 0.6 is 0 Å². The highest BCUT2D eigenvalue weighted by atomic mass is 16.2. The molecule has 0 aromatic carbocycles. The first-order valence-corrected chi connectivity index (χ1v) is 4.66. The van der Waals surface area contributed by atoms with Crippen molar-refractivity contribution in [2.75, 3.05) is 0 Å². The maximum atomic E-state index is 11.6. The maximum Gasteiger partial charge on any atom is 0.233 e. The molecule has 4 heteroatoms. The number of rotatable bonds is 2. The van der Waals surface area contributed by atoms with Crippen LogP contribution in [0.1, 0.15) is 34.1 Å². The largest absolute Gasteiger partial charge is 0.297 e. The Balaban J connectivity index is 3.04. The highest BCUT2D eigenvalue weighted by Gasteiger charge is 2.46. The van der Waals surface area contributed by atoms with Crippen LogP contribution in [0.25, 0.3) is 0 Å². The summed E-state index contributed by atoms with van der Waals surface area (Å²) in [6, 6.07) is 0. The molecular weight excluding hydrogens is 182 g/mol. The molecule has 4 nitrogen and oxygen atoms in total. The quantitative estimate of drug-likeness (QED) is 0.614. The van der Waals surface area contributed by atoms with Gasteiger partial charge in [-0.15, -0.1) is 0 Å². The summed E-state index contributed by atoms with van der Waals surface area (Å²) in [4.78, 5) is 35.5. The number of carbonyl (C=O) groups is 3. The average Bonchev–Trinajstić information content (AvgIpc) is 2.26. The SMILES string of the molecule is CC(=O)C(C)(C)N1C(=O)CC(C)C1=O. The zero-order chi connectivity index (χ0) is 11.1.